The lowest BCUT2D eigenvalue weighted by Gasteiger charge is -2.25. The van der Waals surface area contributed by atoms with Crippen molar-refractivity contribution in [2.45, 2.75) is 48.3 Å². The molecule has 0 spiro atoms. The molecule has 0 amide bonds. The zero-order chi connectivity index (χ0) is 10.8. The van der Waals surface area contributed by atoms with Crippen molar-refractivity contribution in [3.8, 4) is 0 Å². The highest BCUT2D eigenvalue weighted by Gasteiger charge is 2.25. The predicted molar refractivity (Wildman–Crippen MR) is 69.9 cm³/mol. The summed E-state index contributed by atoms with van der Waals surface area (Å²) in [5.74, 6) is 0. The van der Waals surface area contributed by atoms with E-state index in [1.807, 2.05) is 0 Å². The van der Waals surface area contributed by atoms with Crippen molar-refractivity contribution in [1.82, 2.24) is 5.32 Å². The molecule has 3 rings (SSSR count). The summed E-state index contributed by atoms with van der Waals surface area (Å²) in [5, 5.41) is 4.56. The molecule has 1 heterocycles. The summed E-state index contributed by atoms with van der Waals surface area (Å²) in [7, 11) is 0. The summed E-state index contributed by atoms with van der Waals surface area (Å²) in [6.07, 6.45) is 6.85. The minimum Gasteiger partial charge on any atom is -0.310 e. The van der Waals surface area contributed by atoms with Crippen LogP contribution in [0.5, 0.6) is 0 Å². The fraction of sp³-hybridized carbons (Fsp3) is 0.571. The Bertz CT molecular complexity index is 354. The van der Waals surface area contributed by atoms with Crippen LogP contribution in [-0.4, -0.2) is 11.8 Å². The van der Waals surface area contributed by atoms with Gasteiger partial charge in [0.05, 0.1) is 0 Å². The summed E-state index contributed by atoms with van der Waals surface area (Å²) in [6, 6.07) is 9.58. The number of thioether (sulfide) groups is 1. The summed E-state index contributed by atoms with van der Waals surface area (Å²) in [4.78, 5) is 1.52. The van der Waals surface area contributed by atoms with E-state index < -0.39 is 0 Å². The van der Waals surface area contributed by atoms with E-state index >= 15 is 0 Å². The highest BCUT2D eigenvalue weighted by molar-refractivity contribution is 8.00. The highest BCUT2D eigenvalue weighted by Crippen LogP contribution is 2.42. The van der Waals surface area contributed by atoms with Gasteiger partial charge in [-0.1, -0.05) is 24.6 Å². The van der Waals surface area contributed by atoms with Gasteiger partial charge in [-0.3, -0.25) is 0 Å². The number of hydrogen-bond donors (Lipinski definition) is 1. The van der Waals surface area contributed by atoms with Crippen LogP contribution in [0.1, 0.15) is 43.7 Å². The first kappa shape index (κ1) is 10.7. The van der Waals surface area contributed by atoms with E-state index in [1.54, 1.807) is 5.56 Å². The van der Waals surface area contributed by atoms with Crippen LogP contribution < -0.4 is 5.32 Å². The summed E-state index contributed by atoms with van der Waals surface area (Å²) in [5.41, 5.74) is 1.54. The Morgan fingerprint density at radius 1 is 1.06 bits per heavy atom. The molecule has 1 aliphatic heterocycles. The van der Waals surface area contributed by atoms with Crippen molar-refractivity contribution < 1.29 is 0 Å². The zero-order valence-corrected chi connectivity index (χ0v) is 10.4. The van der Waals surface area contributed by atoms with Crippen LogP contribution in [0.15, 0.2) is 29.2 Å². The average Bonchev–Trinajstić information content (AvgIpc) is 3.15. The van der Waals surface area contributed by atoms with Crippen molar-refractivity contribution in [2.75, 3.05) is 6.54 Å². The van der Waals surface area contributed by atoms with Crippen LogP contribution in [0.2, 0.25) is 0 Å². The second-order valence-corrected chi connectivity index (χ2v) is 6.20. The van der Waals surface area contributed by atoms with Gasteiger partial charge in [0.1, 0.15) is 0 Å². The maximum absolute atomic E-state index is 3.66. The molecule has 86 valence electrons. The van der Waals surface area contributed by atoms with E-state index in [2.05, 4.69) is 41.3 Å². The van der Waals surface area contributed by atoms with Crippen LogP contribution in [-0.2, 0) is 0 Å². The van der Waals surface area contributed by atoms with Gasteiger partial charge >= 0.3 is 0 Å². The molecule has 1 aromatic carbocycles. The zero-order valence-electron chi connectivity index (χ0n) is 9.61. The van der Waals surface area contributed by atoms with Crippen molar-refractivity contribution in [1.29, 1.82) is 0 Å². The largest absolute Gasteiger partial charge is 0.310 e. The Morgan fingerprint density at radius 2 is 1.94 bits per heavy atom. The van der Waals surface area contributed by atoms with Gasteiger partial charge in [0, 0.05) is 16.2 Å². The molecule has 16 heavy (non-hydrogen) atoms. The average molecular weight is 233 g/mol. The molecule has 0 radical (unpaired) electrons. The second-order valence-electron chi connectivity index (χ2n) is 4.86. The van der Waals surface area contributed by atoms with Crippen LogP contribution in [0.3, 0.4) is 0 Å². The van der Waals surface area contributed by atoms with Crippen LogP contribution in [0, 0.1) is 0 Å². The van der Waals surface area contributed by atoms with Gasteiger partial charge in [0.15, 0.2) is 0 Å². The molecule has 0 aromatic heterocycles. The Balaban J connectivity index is 1.79. The molecule has 2 aliphatic rings. The molecular weight excluding hydrogens is 214 g/mol. The number of nitrogens with one attached hydrogen (secondary N) is 1. The van der Waals surface area contributed by atoms with Gasteiger partial charge in [-0.25, -0.2) is 0 Å². The first-order valence-electron chi connectivity index (χ1n) is 6.42. The van der Waals surface area contributed by atoms with Crippen LogP contribution >= 0.6 is 11.8 Å². The monoisotopic (exact) mass is 233 g/mol. The third kappa shape index (κ3) is 2.44. The second kappa shape index (κ2) is 4.80. The molecule has 1 saturated heterocycles. The van der Waals surface area contributed by atoms with E-state index in [4.69, 9.17) is 0 Å². The Morgan fingerprint density at radius 3 is 2.69 bits per heavy atom. The summed E-state index contributed by atoms with van der Waals surface area (Å²) in [6.45, 7) is 1.19. The van der Waals surface area contributed by atoms with E-state index in [-0.39, 0.29) is 0 Å². The van der Waals surface area contributed by atoms with E-state index in [1.165, 1.54) is 43.5 Å². The molecule has 0 bridgehead atoms. The van der Waals surface area contributed by atoms with Gasteiger partial charge < -0.3 is 5.32 Å². The molecule has 1 atom stereocenters. The third-order valence-corrected chi connectivity index (χ3v) is 4.85. The number of rotatable bonds is 3. The number of hydrogen-bond acceptors (Lipinski definition) is 2. The van der Waals surface area contributed by atoms with Gasteiger partial charge in [0.25, 0.3) is 0 Å². The SMILES string of the molecule is c1ccc(C2CCCCN2)c(SC2CC2)c1. The minimum atomic E-state index is 0.608. The maximum atomic E-state index is 3.66. The maximum Gasteiger partial charge on any atom is 0.0331 e. The molecule has 1 unspecified atom stereocenters. The first-order valence-corrected chi connectivity index (χ1v) is 7.30. The summed E-state index contributed by atoms with van der Waals surface area (Å²) >= 11 is 2.09. The summed E-state index contributed by atoms with van der Waals surface area (Å²) < 4.78 is 0. The van der Waals surface area contributed by atoms with Gasteiger partial charge in [0.2, 0.25) is 0 Å². The number of piperidine rings is 1. The predicted octanol–water partition coefficient (Wildman–Crippen LogP) is 3.76. The number of benzene rings is 1. The normalized spacial score (nSPS) is 25.6. The lowest BCUT2D eigenvalue weighted by atomic mass is 9.98. The molecule has 1 N–H and O–H groups in total. The first-order chi connectivity index (χ1) is 7.93. The Hall–Kier alpha value is -0.470. The smallest absolute Gasteiger partial charge is 0.0331 e. The third-order valence-electron chi connectivity index (χ3n) is 3.42. The van der Waals surface area contributed by atoms with E-state index in [0.29, 0.717) is 6.04 Å². The molecular formula is C14H19NS. The Kier molecular flexibility index (Phi) is 3.20. The standard InChI is InChI=1S/C14H19NS/c1-2-7-14(16-11-8-9-11)12(5-1)13-6-3-4-10-15-13/h1-2,5,7,11,13,15H,3-4,6,8-10H2. The van der Waals surface area contributed by atoms with E-state index in [0.717, 1.165) is 5.25 Å². The van der Waals surface area contributed by atoms with Crippen molar-refractivity contribution in [3.63, 3.8) is 0 Å². The van der Waals surface area contributed by atoms with E-state index in [9.17, 15) is 0 Å². The minimum absolute atomic E-state index is 0.608. The highest BCUT2D eigenvalue weighted by atomic mass is 32.2. The fourth-order valence-electron chi connectivity index (χ4n) is 2.36. The molecule has 1 nitrogen and oxygen atoms in total. The molecule has 1 aromatic rings. The fourth-order valence-corrected chi connectivity index (χ4v) is 3.59. The molecule has 2 fully saturated rings. The molecule has 1 aliphatic carbocycles. The van der Waals surface area contributed by atoms with Crippen molar-refractivity contribution in [3.05, 3.63) is 29.8 Å². The van der Waals surface area contributed by atoms with Crippen LogP contribution in [0.25, 0.3) is 0 Å². The van der Waals surface area contributed by atoms with Crippen LogP contribution in [0.4, 0.5) is 0 Å². The van der Waals surface area contributed by atoms with Crippen molar-refractivity contribution >= 4 is 11.8 Å². The van der Waals surface area contributed by atoms with Crippen molar-refractivity contribution in [2.24, 2.45) is 0 Å². The quantitative estimate of drug-likeness (QED) is 0.853. The van der Waals surface area contributed by atoms with Gasteiger partial charge in [-0.15, -0.1) is 11.8 Å². The topological polar surface area (TPSA) is 12.0 Å². The Labute approximate surface area is 102 Å². The van der Waals surface area contributed by atoms with Gasteiger partial charge in [-0.05, 0) is 43.9 Å². The lowest BCUT2D eigenvalue weighted by molar-refractivity contribution is 0.408. The molecule has 1 saturated carbocycles. The molecule has 2 heteroatoms. The van der Waals surface area contributed by atoms with Gasteiger partial charge in [-0.2, -0.15) is 0 Å². The lowest BCUT2D eigenvalue weighted by Crippen LogP contribution is -2.27.